The van der Waals surface area contributed by atoms with Crippen molar-refractivity contribution in [3.8, 4) is 0 Å². The van der Waals surface area contributed by atoms with Gasteiger partial charge in [-0.1, -0.05) is 12.1 Å². The van der Waals surface area contributed by atoms with Gasteiger partial charge in [-0.25, -0.2) is 9.59 Å². The highest BCUT2D eigenvalue weighted by Gasteiger charge is 2.16. The van der Waals surface area contributed by atoms with Crippen LogP contribution in [0.25, 0.3) is 0 Å². The van der Waals surface area contributed by atoms with Gasteiger partial charge < -0.3 is 0 Å². The van der Waals surface area contributed by atoms with E-state index >= 15 is 0 Å². The predicted octanol–water partition coefficient (Wildman–Crippen LogP) is 2.77. The molecule has 0 aliphatic rings. The van der Waals surface area contributed by atoms with Crippen LogP contribution < -0.4 is 0 Å². The molecule has 0 heterocycles. The van der Waals surface area contributed by atoms with Crippen molar-refractivity contribution in [2.45, 2.75) is 30.8 Å². The zero-order valence-electron chi connectivity index (χ0n) is 9.54. The first-order chi connectivity index (χ1) is 8.11. The average molecular weight is 248 g/mol. The lowest BCUT2D eigenvalue weighted by molar-refractivity contribution is 0.556. The molecule has 0 aliphatic carbocycles. The van der Waals surface area contributed by atoms with Crippen LogP contribution in [0.4, 0.5) is 0 Å². The molecule has 4 nitrogen and oxygen atoms in total. The van der Waals surface area contributed by atoms with Crippen LogP contribution in [-0.4, -0.2) is 12.2 Å². The van der Waals surface area contributed by atoms with Gasteiger partial charge in [0, 0.05) is 4.90 Å². The molecule has 17 heavy (non-hydrogen) atoms. The molecule has 1 rings (SSSR count). The number of nitrogens with zero attached hydrogens (tertiary/aromatic N) is 2. The van der Waals surface area contributed by atoms with Crippen molar-refractivity contribution in [3.63, 3.8) is 0 Å². The number of isocyanates is 2. The summed E-state index contributed by atoms with van der Waals surface area (Å²) < 4.78 is 0. The van der Waals surface area contributed by atoms with Crippen LogP contribution in [0.15, 0.2) is 33.1 Å². The molecule has 0 saturated heterocycles. The van der Waals surface area contributed by atoms with Crippen molar-refractivity contribution in [1.29, 1.82) is 0 Å². The second kappa shape index (κ2) is 6.16. The number of thiol groups is 1. The fourth-order valence-corrected chi connectivity index (χ4v) is 2.08. The molecule has 2 atom stereocenters. The molecule has 5 heteroatoms. The van der Waals surface area contributed by atoms with Crippen molar-refractivity contribution >= 4 is 24.8 Å². The smallest absolute Gasteiger partial charge is 0.211 e. The van der Waals surface area contributed by atoms with E-state index in [2.05, 4.69) is 22.6 Å². The van der Waals surface area contributed by atoms with Gasteiger partial charge in [-0.2, -0.15) is 9.98 Å². The summed E-state index contributed by atoms with van der Waals surface area (Å²) >= 11 is 4.33. The molecule has 0 radical (unpaired) electrons. The van der Waals surface area contributed by atoms with E-state index in [9.17, 15) is 9.59 Å². The number of rotatable bonds is 4. The summed E-state index contributed by atoms with van der Waals surface area (Å²) in [5.41, 5.74) is 1.60. The molecular formula is C12H12N2O2S. The molecule has 0 aromatic heterocycles. The standard InChI is InChI=1S/C12H12N2O2S/c1-8(13-6-15)10-4-3-5-11(17)12(10)9(2)14-7-16/h3-5,8-9,17H,1-2H3. The molecule has 0 spiro atoms. The Labute approximate surface area is 105 Å². The molecular weight excluding hydrogens is 236 g/mol. The largest absolute Gasteiger partial charge is 0.235 e. The number of hydrogen-bond acceptors (Lipinski definition) is 5. The minimum atomic E-state index is -0.361. The van der Waals surface area contributed by atoms with Gasteiger partial charge in [-0.05, 0) is 31.0 Å². The first kappa shape index (κ1) is 13.4. The fraction of sp³-hybridized carbons (Fsp3) is 0.333. The lowest BCUT2D eigenvalue weighted by Crippen LogP contribution is -2.01. The van der Waals surface area contributed by atoms with Gasteiger partial charge in [0.2, 0.25) is 12.2 Å². The predicted molar refractivity (Wildman–Crippen MR) is 66.8 cm³/mol. The molecule has 1 aromatic rings. The Kier molecular flexibility index (Phi) is 4.85. The van der Waals surface area contributed by atoms with Gasteiger partial charge in [-0.15, -0.1) is 12.6 Å². The molecule has 0 amide bonds. The molecule has 0 bridgehead atoms. The van der Waals surface area contributed by atoms with E-state index in [1.54, 1.807) is 19.9 Å². The monoisotopic (exact) mass is 248 g/mol. The summed E-state index contributed by atoms with van der Waals surface area (Å²) in [6, 6.07) is 4.75. The van der Waals surface area contributed by atoms with E-state index in [1.165, 1.54) is 12.2 Å². The normalized spacial score (nSPS) is 13.1. The summed E-state index contributed by atoms with van der Waals surface area (Å²) in [4.78, 5) is 28.6. The molecule has 0 fully saturated rings. The second-order valence-electron chi connectivity index (χ2n) is 3.57. The fourth-order valence-electron chi connectivity index (χ4n) is 1.68. The number of hydrogen-bond donors (Lipinski definition) is 1. The highest BCUT2D eigenvalue weighted by atomic mass is 32.1. The first-order valence-electron chi connectivity index (χ1n) is 5.07. The van der Waals surface area contributed by atoms with Gasteiger partial charge in [0.15, 0.2) is 0 Å². The zero-order chi connectivity index (χ0) is 12.8. The van der Waals surface area contributed by atoms with Crippen LogP contribution in [0.5, 0.6) is 0 Å². The van der Waals surface area contributed by atoms with E-state index < -0.39 is 0 Å². The highest BCUT2D eigenvalue weighted by Crippen LogP contribution is 2.32. The third-order valence-corrected chi connectivity index (χ3v) is 2.87. The molecule has 0 aliphatic heterocycles. The Morgan fingerprint density at radius 1 is 1.12 bits per heavy atom. The Balaban J connectivity index is 3.35. The SMILES string of the molecule is CC(N=C=O)c1cccc(S)c1C(C)N=C=O. The molecule has 2 unspecified atom stereocenters. The van der Waals surface area contributed by atoms with Gasteiger partial charge in [0.25, 0.3) is 0 Å². The van der Waals surface area contributed by atoms with E-state index in [4.69, 9.17) is 0 Å². The third-order valence-electron chi connectivity index (χ3n) is 2.48. The number of benzene rings is 1. The minimum absolute atomic E-state index is 0.334. The molecule has 88 valence electrons. The van der Waals surface area contributed by atoms with Crippen molar-refractivity contribution in [2.24, 2.45) is 9.98 Å². The van der Waals surface area contributed by atoms with Gasteiger partial charge in [0.1, 0.15) is 0 Å². The summed E-state index contributed by atoms with van der Waals surface area (Å²) in [5, 5.41) is 0. The summed E-state index contributed by atoms with van der Waals surface area (Å²) in [7, 11) is 0. The van der Waals surface area contributed by atoms with E-state index in [0.717, 1.165) is 11.1 Å². The highest BCUT2D eigenvalue weighted by molar-refractivity contribution is 7.80. The second-order valence-corrected chi connectivity index (χ2v) is 4.05. The first-order valence-corrected chi connectivity index (χ1v) is 5.52. The quantitative estimate of drug-likeness (QED) is 0.506. The summed E-state index contributed by atoms with van der Waals surface area (Å²) in [6.07, 6.45) is 3.05. The maximum absolute atomic E-state index is 10.3. The summed E-state index contributed by atoms with van der Waals surface area (Å²) in [5.74, 6) is 0. The lowest BCUT2D eigenvalue weighted by atomic mass is 9.97. The van der Waals surface area contributed by atoms with E-state index in [1.807, 2.05) is 12.1 Å². The van der Waals surface area contributed by atoms with Gasteiger partial charge in [0.05, 0.1) is 12.1 Å². The maximum Gasteiger partial charge on any atom is 0.235 e. The van der Waals surface area contributed by atoms with Crippen LogP contribution in [0.1, 0.15) is 37.1 Å². The van der Waals surface area contributed by atoms with Gasteiger partial charge in [-0.3, -0.25) is 0 Å². The van der Waals surface area contributed by atoms with Crippen LogP contribution in [-0.2, 0) is 9.59 Å². The topological polar surface area (TPSA) is 58.9 Å². The lowest BCUT2D eigenvalue weighted by Gasteiger charge is -2.16. The van der Waals surface area contributed by atoms with Crippen LogP contribution in [0.3, 0.4) is 0 Å². The molecule has 0 N–H and O–H groups in total. The van der Waals surface area contributed by atoms with Crippen molar-refractivity contribution in [3.05, 3.63) is 29.3 Å². The van der Waals surface area contributed by atoms with Crippen LogP contribution in [0.2, 0.25) is 0 Å². The molecule has 1 aromatic carbocycles. The maximum atomic E-state index is 10.3. The average Bonchev–Trinajstić information content (AvgIpc) is 2.29. The Hall–Kier alpha value is -1.67. The molecule has 0 saturated carbocycles. The minimum Gasteiger partial charge on any atom is -0.211 e. The van der Waals surface area contributed by atoms with E-state index in [-0.39, 0.29) is 12.1 Å². The summed E-state index contributed by atoms with van der Waals surface area (Å²) in [6.45, 7) is 3.54. The third kappa shape index (κ3) is 3.14. The number of aliphatic imine (C=N–C) groups is 2. The Morgan fingerprint density at radius 2 is 1.71 bits per heavy atom. The Morgan fingerprint density at radius 3 is 2.29 bits per heavy atom. The van der Waals surface area contributed by atoms with E-state index in [0.29, 0.717) is 4.90 Å². The van der Waals surface area contributed by atoms with Crippen molar-refractivity contribution in [2.75, 3.05) is 0 Å². The van der Waals surface area contributed by atoms with Crippen molar-refractivity contribution in [1.82, 2.24) is 0 Å². The Bertz CT molecular complexity index is 503. The zero-order valence-corrected chi connectivity index (χ0v) is 10.4. The number of carbonyl (C=O) groups excluding carboxylic acids is 2. The van der Waals surface area contributed by atoms with Crippen LogP contribution >= 0.6 is 12.6 Å². The van der Waals surface area contributed by atoms with Crippen molar-refractivity contribution < 1.29 is 9.59 Å². The van der Waals surface area contributed by atoms with Crippen LogP contribution in [0, 0.1) is 0 Å². The van der Waals surface area contributed by atoms with Gasteiger partial charge >= 0.3 is 0 Å².